The normalized spacial score (nSPS) is 12.9. The molecule has 1 unspecified atom stereocenters. The van der Waals surface area contributed by atoms with E-state index in [1.54, 1.807) is 0 Å². The highest BCUT2D eigenvalue weighted by Gasteiger charge is 2.05. The van der Waals surface area contributed by atoms with Crippen LogP contribution in [-0.4, -0.2) is 20.2 Å². The maximum absolute atomic E-state index is 4.14. The van der Waals surface area contributed by atoms with Gasteiger partial charge in [-0.1, -0.05) is 0 Å². The molecule has 3 N–H and O–H groups in total. The predicted molar refractivity (Wildman–Crippen MR) is 57.2 cm³/mol. The first-order valence-corrected chi connectivity index (χ1v) is 4.98. The van der Waals surface area contributed by atoms with Gasteiger partial charge in [0.25, 0.3) is 0 Å². The molecule has 0 fully saturated rings. The van der Waals surface area contributed by atoms with Crippen LogP contribution in [0.5, 0.6) is 0 Å². The lowest BCUT2D eigenvalue weighted by Crippen LogP contribution is -2.17. The van der Waals surface area contributed by atoms with Crippen LogP contribution in [0.4, 0.5) is 0 Å². The van der Waals surface area contributed by atoms with Gasteiger partial charge in [0.05, 0.1) is 6.20 Å². The van der Waals surface area contributed by atoms with E-state index in [0.29, 0.717) is 0 Å². The van der Waals surface area contributed by atoms with Gasteiger partial charge < -0.3 is 10.3 Å². The summed E-state index contributed by atoms with van der Waals surface area (Å²) in [5, 5.41) is 10.1. The van der Waals surface area contributed by atoms with E-state index in [1.807, 2.05) is 25.5 Å². The number of aryl methyl sites for hydroxylation is 1. The fourth-order valence-electron chi connectivity index (χ4n) is 1.44. The van der Waals surface area contributed by atoms with E-state index < -0.39 is 0 Å². The number of rotatable bonds is 4. The number of hydrogen-bond donors (Lipinski definition) is 3. The van der Waals surface area contributed by atoms with E-state index >= 15 is 0 Å². The second kappa shape index (κ2) is 4.27. The van der Waals surface area contributed by atoms with Crippen LogP contribution in [0.3, 0.4) is 0 Å². The van der Waals surface area contributed by atoms with Crippen molar-refractivity contribution >= 4 is 0 Å². The zero-order valence-corrected chi connectivity index (χ0v) is 8.91. The molecule has 2 aromatic heterocycles. The third-order valence-corrected chi connectivity index (χ3v) is 2.37. The summed E-state index contributed by atoms with van der Waals surface area (Å²) in [5.74, 6) is 0.947. The van der Waals surface area contributed by atoms with Gasteiger partial charge in [-0.15, -0.1) is 0 Å². The average molecular weight is 205 g/mol. The summed E-state index contributed by atoms with van der Waals surface area (Å²) in [4.78, 5) is 7.32. The van der Waals surface area contributed by atoms with Gasteiger partial charge in [0, 0.05) is 36.2 Å². The maximum atomic E-state index is 4.14. The minimum atomic E-state index is 0.285. The van der Waals surface area contributed by atoms with Crippen molar-refractivity contribution in [1.82, 2.24) is 25.5 Å². The number of aromatic nitrogens is 4. The average Bonchev–Trinajstić information content (AvgIpc) is 2.84. The molecule has 2 heterocycles. The fourth-order valence-corrected chi connectivity index (χ4v) is 1.44. The molecule has 2 aromatic rings. The molecule has 0 aliphatic carbocycles. The van der Waals surface area contributed by atoms with Crippen LogP contribution < -0.4 is 5.32 Å². The minimum Gasteiger partial charge on any atom is -0.345 e. The molecule has 80 valence electrons. The Labute approximate surface area is 88.3 Å². The van der Waals surface area contributed by atoms with Crippen LogP contribution >= 0.6 is 0 Å². The largest absolute Gasteiger partial charge is 0.345 e. The minimum absolute atomic E-state index is 0.285. The summed E-state index contributed by atoms with van der Waals surface area (Å²) in [5.41, 5.74) is 2.26. The summed E-state index contributed by atoms with van der Waals surface area (Å²) >= 11 is 0. The van der Waals surface area contributed by atoms with Crippen molar-refractivity contribution in [2.75, 3.05) is 0 Å². The van der Waals surface area contributed by atoms with E-state index in [2.05, 4.69) is 32.4 Å². The Morgan fingerprint density at radius 1 is 1.47 bits per heavy atom. The molecule has 15 heavy (non-hydrogen) atoms. The zero-order valence-electron chi connectivity index (χ0n) is 8.91. The number of hydrogen-bond acceptors (Lipinski definition) is 3. The highest BCUT2D eigenvalue weighted by Crippen LogP contribution is 2.09. The third kappa shape index (κ3) is 2.44. The fraction of sp³-hybridized carbons (Fsp3) is 0.400. The van der Waals surface area contributed by atoms with Crippen LogP contribution in [0.25, 0.3) is 0 Å². The predicted octanol–water partition coefficient (Wildman–Crippen LogP) is 1.29. The Kier molecular flexibility index (Phi) is 2.82. The number of imidazole rings is 1. The molecular formula is C10H15N5. The van der Waals surface area contributed by atoms with Crippen LogP contribution in [0.1, 0.15) is 30.0 Å². The van der Waals surface area contributed by atoms with Crippen LogP contribution in [-0.2, 0) is 6.54 Å². The summed E-state index contributed by atoms with van der Waals surface area (Å²) < 4.78 is 0. The van der Waals surface area contributed by atoms with Crippen LogP contribution in [0, 0.1) is 6.92 Å². The van der Waals surface area contributed by atoms with Gasteiger partial charge in [-0.25, -0.2) is 4.98 Å². The molecule has 0 radical (unpaired) electrons. The van der Waals surface area contributed by atoms with Crippen molar-refractivity contribution in [3.05, 3.63) is 35.7 Å². The van der Waals surface area contributed by atoms with Crippen molar-refractivity contribution in [3.8, 4) is 0 Å². The molecule has 0 aliphatic heterocycles. The molecule has 0 aromatic carbocycles. The number of nitrogens with one attached hydrogen (secondary N) is 3. The maximum Gasteiger partial charge on any atom is 0.103 e. The van der Waals surface area contributed by atoms with Crippen molar-refractivity contribution in [2.45, 2.75) is 26.4 Å². The molecule has 0 aliphatic rings. The lowest BCUT2D eigenvalue weighted by Gasteiger charge is -2.10. The first-order valence-electron chi connectivity index (χ1n) is 4.98. The van der Waals surface area contributed by atoms with Gasteiger partial charge in [-0.3, -0.25) is 5.10 Å². The first kappa shape index (κ1) is 9.92. The Hall–Kier alpha value is -1.62. The van der Waals surface area contributed by atoms with E-state index in [-0.39, 0.29) is 6.04 Å². The van der Waals surface area contributed by atoms with Crippen molar-refractivity contribution in [2.24, 2.45) is 0 Å². The quantitative estimate of drug-likeness (QED) is 0.704. The van der Waals surface area contributed by atoms with E-state index in [9.17, 15) is 0 Å². The van der Waals surface area contributed by atoms with Gasteiger partial charge in [-0.05, 0) is 13.8 Å². The highest BCUT2D eigenvalue weighted by atomic mass is 15.1. The number of nitrogens with zero attached hydrogens (tertiary/aromatic N) is 2. The molecule has 5 heteroatoms. The van der Waals surface area contributed by atoms with E-state index in [4.69, 9.17) is 0 Å². The molecule has 0 saturated carbocycles. The Balaban J connectivity index is 1.88. The molecule has 1 atom stereocenters. The molecule has 0 bridgehead atoms. The summed E-state index contributed by atoms with van der Waals surface area (Å²) in [6.07, 6.45) is 5.58. The molecule has 2 rings (SSSR count). The molecule has 0 saturated heterocycles. The molecule has 0 amide bonds. The standard InChI is InChI=1S/C10H15N5/c1-7(9-3-13-14-4-9)11-5-10-6-12-8(2)15-10/h3-4,6-7,11H,5H2,1-2H3,(H,12,15)(H,13,14). The monoisotopic (exact) mass is 205 g/mol. The second-order valence-electron chi connectivity index (χ2n) is 3.63. The summed E-state index contributed by atoms with van der Waals surface area (Å²) in [6, 6.07) is 0.285. The Bertz CT molecular complexity index is 403. The van der Waals surface area contributed by atoms with Gasteiger partial charge in [0.2, 0.25) is 0 Å². The van der Waals surface area contributed by atoms with Crippen molar-refractivity contribution in [1.29, 1.82) is 0 Å². The molecule has 0 spiro atoms. The first-order chi connectivity index (χ1) is 7.25. The lowest BCUT2D eigenvalue weighted by atomic mass is 10.2. The Morgan fingerprint density at radius 2 is 2.33 bits per heavy atom. The molecular weight excluding hydrogens is 190 g/mol. The summed E-state index contributed by atoms with van der Waals surface area (Å²) in [6.45, 7) is 4.84. The van der Waals surface area contributed by atoms with Gasteiger partial charge in [0.15, 0.2) is 0 Å². The Morgan fingerprint density at radius 3 is 2.93 bits per heavy atom. The van der Waals surface area contributed by atoms with Crippen LogP contribution in [0.15, 0.2) is 18.6 Å². The zero-order chi connectivity index (χ0) is 10.7. The SMILES string of the molecule is Cc1ncc(CNC(C)c2cn[nH]c2)[nH]1. The second-order valence-corrected chi connectivity index (χ2v) is 3.63. The topological polar surface area (TPSA) is 69.4 Å². The van der Waals surface area contributed by atoms with Gasteiger partial charge >= 0.3 is 0 Å². The lowest BCUT2D eigenvalue weighted by molar-refractivity contribution is 0.569. The van der Waals surface area contributed by atoms with E-state index in [0.717, 1.165) is 23.6 Å². The van der Waals surface area contributed by atoms with Crippen molar-refractivity contribution < 1.29 is 0 Å². The number of aromatic amines is 2. The van der Waals surface area contributed by atoms with Crippen molar-refractivity contribution in [3.63, 3.8) is 0 Å². The van der Waals surface area contributed by atoms with E-state index in [1.165, 1.54) is 0 Å². The number of H-pyrrole nitrogens is 2. The highest BCUT2D eigenvalue weighted by molar-refractivity contribution is 5.08. The summed E-state index contributed by atoms with van der Waals surface area (Å²) in [7, 11) is 0. The molecule has 5 nitrogen and oxygen atoms in total. The van der Waals surface area contributed by atoms with Gasteiger partial charge in [-0.2, -0.15) is 5.10 Å². The third-order valence-electron chi connectivity index (χ3n) is 2.37. The smallest absolute Gasteiger partial charge is 0.103 e. The van der Waals surface area contributed by atoms with Gasteiger partial charge in [0.1, 0.15) is 5.82 Å². The van der Waals surface area contributed by atoms with Crippen LogP contribution in [0.2, 0.25) is 0 Å².